The summed E-state index contributed by atoms with van der Waals surface area (Å²) in [4.78, 5) is 2.41. The van der Waals surface area contributed by atoms with E-state index in [2.05, 4.69) is 43.2 Å². The van der Waals surface area contributed by atoms with Gasteiger partial charge in [-0.2, -0.15) is 0 Å². The number of anilines is 1. The number of nitrogens with zero attached hydrogens (tertiary/aromatic N) is 1. The summed E-state index contributed by atoms with van der Waals surface area (Å²) in [6.07, 6.45) is 1.18. The summed E-state index contributed by atoms with van der Waals surface area (Å²) >= 11 is 0. The molecule has 2 rings (SSSR count). The fourth-order valence-electron chi connectivity index (χ4n) is 2.57. The van der Waals surface area contributed by atoms with Gasteiger partial charge in [0.1, 0.15) is 0 Å². The minimum atomic E-state index is 0.616. The molecule has 0 radical (unpaired) electrons. The van der Waals surface area contributed by atoms with E-state index in [0.717, 1.165) is 6.54 Å². The first kappa shape index (κ1) is 10.5. The maximum absolute atomic E-state index is 3.27. The normalized spacial score (nSPS) is 19.5. The summed E-state index contributed by atoms with van der Waals surface area (Å²) in [5, 5.41) is 3.27. The average molecular weight is 204 g/mol. The monoisotopic (exact) mass is 204 g/mol. The Hall–Kier alpha value is -1.02. The highest BCUT2D eigenvalue weighted by molar-refractivity contribution is 5.63. The first-order valence-electron chi connectivity index (χ1n) is 5.61. The van der Waals surface area contributed by atoms with Gasteiger partial charge in [-0.3, -0.25) is 0 Å². The summed E-state index contributed by atoms with van der Waals surface area (Å²) in [7, 11) is 4.22. The zero-order valence-corrected chi connectivity index (χ0v) is 10.1. The lowest BCUT2D eigenvalue weighted by atomic mass is 10.0. The second kappa shape index (κ2) is 3.86. The Labute approximate surface area is 92.3 Å². The van der Waals surface area contributed by atoms with Crippen LogP contribution in [-0.2, 0) is 6.42 Å². The molecule has 2 nitrogen and oxygen atoms in total. The molecular weight excluding hydrogens is 184 g/mol. The van der Waals surface area contributed by atoms with Crippen molar-refractivity contribution in [3.63, 3.8) is 0 Å². The van der Waals surface area contributed by atoms with Crippen LogP contribution in [0.4, 0.5) is 5.69 Å². The molecule has 0 fully saturated rings. The molecule has 1 aromatic carbocycles. The maximum Gasteiger partial charge on any atom is 0.0452 e. The molecule has 15 heavy (non-hydrogen) atoms. The van der Waals surface area contributed by atoms with Crippen LogP contribution in [0, 0.1) is 13.8 Å². The third-order valence-corrected chi connectivity index (χ3v) is 3.40. The summed E-state index contributed by atoms with van der Waals surface area (Å²) < 4.78 is 0. The maximum atomic E-state index is 3.27. The van der Waals surface area contributed by atoms with E-state index in [1.807, 2.05) is 7.05 Å². The zero-order chi connectivity index (χ0) is 11.0. The molecule has 0 aliphatic carbocycles. The van der Waals surface area contributed by atoms with E-state index in [-0.39, 0.29) is 0 Å². The number of hydrogen-bond donors (Lipinski definition) is 1. The quantitative estimate of drug-likeness (QED) is 0.791. The average Bonchev–Trinajstić information content (AvgIpc) is 2.47. The SMILES string of the molecule is CNCC1Cc2c(C)cc(C)cc2N1C. The van der Waals surface area contributed by atoms with Gasteiger partial charge in [0, 0.05) is 25.3 Å². The van der Waals surface area contributed by atoms with Crippen LogP contribution in [0.1, 0.15) is 16.7 Å². The molecule has 0 saturated heterocycles. The molecule has 2 heteroatoms. The minimum Gasteiger partial charge on any atom is -0.370 e. The predicted molar refractivity (Wildman–Crippen MR) is 65.7 cm³/mol. The van der Waals surface area contributed by atoms with Crippen LogP contribution >= 0.6 is 0 Å². The summed E-state index contributed by atoms with van der Waals surface area (Å²) in [5.41, 5.74) is 5.76. The number of fused-ring (bicyclic) bond motifs is 1. The van der Waals surface area contributed by atoms with Crippen molar-refractivity contribution in [3.05, 3.63) is 28.8 Å². The Morgan fingerprint density at radius 1 is 1.40 bits per heavy atom. The standard InChI is InChI=1S/C13H20N2/c1-9-5-10(2)12-7-11(8-14-3)15(4)13(12)6-9/h5-6,11,14H,7-8H2,1-4H3. The lowest BCUT2D eigenvalue weighted by Crippen LogP contribution is -2.36. The highest BCUT2D eigenvalue weighted by atomic mass is 15.2. The number of aryl methyl sites for hydroxylation is 2. The molecule has 0 amide bonds. The van der Waals surface area contributed by atoms with Gasteiger partial charge >= 0.3 is 0 Å². The molecule has 0 bridgehead atoms. The molecule has 0 aromatic heterocycles. The molecule has 1 aliphatic rings. The molecule has 82 valence electrons. The van der Waals surface area contributed by atoms with Crippen LogP contribution in [0.15, 0.2) is 12.1 Å². The van der Waals surface area contributed by atoms with E-state index >= 15 is 0 Å². The van der Waals surface area contributed by atoms with Crippen LogP contribution in [0.2, 0.25) is 0 Å². The largest absolute Gasteiger partial charge is 0.370 e. The molecule has 1 unspecified atom stereocenters. The van der Waals surface area contributed by atoms with Crippen LogP contribution in [0.25, 0.3) is 0 Å². The molecule has 1 heterocycles. The lowest BCUT2D eigenvalue weighted by molar-refractivity contribution is 0.613. The van der Waals surface area contributed by atoms with Crippen molar-refractivity contribution >= 4 is 5.69 Å². The molecule has 0 spiro atoms. The van der Waals surface area contributed by atoms with Gasteiger partial charge in [0.15, 0.2) is 0 Å². The van der Waals surface area contributed by atoms with Gasteiger partial charge in [-0.25, -0.2) is 0 Å². The van der Waals surface area contributed by atoms with E-state index < -0.39 is 0 Å². The van der Waals surface area contributed by atoms with Gasteiger partial charge in [-0.1, -0.05) is 6.07 Å². The number of rotatable bonds is 2. The van der Waals surface area contributed by atoms with E-state index in [4.69, 9.17) is 0 Å². The van der Waals surface area contributed by atoms with Gasteiger partial charge in [-0.15, -0.1) is 0 Å². The van der Waals surface area contributed by atoms with Gasteiger partial charge in [0.2, 0.25) is 0 Å². The van der Waals surface area contributed by atoms with E-state index in [0.29, 0.717) is 6.04 Å². The number of benzene rings is 1. The Bertz CT molecular complexity index is 371. The topological polar surface area (TPSA) is 15.3 Å². The number of likely N-dealkylation sites (N-methyl/N-ethyl adjacent to an activating group) is 2. The Kier molecular flexibility index (Phi) is 2.70. The summed E-state index contributed by atoms with van der Waals surface area (Å²) in [6, 6.07) is 5.21. The number of hydrogen-bond acceptors (Lipinski definition) is 2. The molecule has 1 N–H and O–H groups in total. The van der Waals surface area contributed by atoms with E-state index in [9.17, 15) is 0 Å². The fraction of sp³-hybridized carbons (Fsp3) is 0.538. The smallest absolute Gasteiger partial charge is 0.0452 e. The second-order valence-electron chi connectivity index (χ2n) is 4.61. The fourth-order valence-corrected chi connectivity index (χ4v) is 2.57. The lowest BCUT2D eigenvalue weighted by Gasteiger charge is -2.22. The second-order valence-corrected chi connectivity index (χ2v) is 4.61. The number of nitrogens with one attached hydrogen (secondary N) is 1. The van der Waals surface area contributed by atoms with Crippen molar-refractivity contribution in [2.45, 2.75) is 26.3 Å². The van der Waals surface area contributed by atoms with E-state index in [1.54, 1.807) is 0 Å². The van der Waals surface area contributed by atoms with Gasteiger partial charge < -0.3 is 10.2 Å². The zero-order valence-electron chi connectivity index (χ0n) is 10.1. The van der Waals surface area contributed by atoms with E-state index in [1.165, 1.54) is 28.8 Å². The van der Waals surface area contributed by atoms with Crippen molar-refractivity contribution in [3.8, 4) is 0 Å². The summed E-state index contributed by atoms with van der Waals surface area (Å²) in [5.74, 6) is 0. The van der Waals surface area contributed by atoms with Crippen molar-refractivity contribution in [2.75, 3.05) is 25.5 Å². The third kappa shape index (κ3) is 1.74. The molecule has 1 aliphatic heterocycles. The highest BCUT2D eigenvalue weighted by Gasteiger charge is 2.26. The van der Waals surface area contributed by atoms with Crippen LogP contribution in [0.3, 0.4) is 0 Å². The van der Waals surface area contributed by atoms with Crippen LogP contribution in [-0.4, -0.2) is 26.7 Å². The van der Waals surface area contributed by atoms with Crippen molar-refractivity contribution < 1.29 is 0 Å². The van der Waals surface area contributed by atoms with Gasteiger partial charge in [0.05, 0.1) is 0 Å². The Morgan fingerprint density at radius 3 is 2.80 bits per heavy atom. The third-order valence-electron chi connectivity index (χ3n) is 3.40. The predicted octanol–water partition coefficient (Wildman–Crippen LogP) is 1.88. The van der Waals surface area contributed by atoms with Gasteiger partial charge in [-0.05, 0) is 50.1 Å². The minimum absolute atomic E-state index is 0.616. The van der Waals surface area contributed by atoms with Crippen molar-refractivity contribution in [1.29, 1.82) is 0 Å². The van der Waals surface area contributed by atoms with Crippen LogP contribution < -0.4 is 10.2 Å². The molecule has 1 aromatic rings. The van der Waals surface area contributed by atoms with Gasteiger partial charge in [0.25, 0.3) is 0 Å². The molecule has 1 atom stereocenters. The Balaban J connectivity index is 2.36. The first-order chi connectivity index (χ1) is 7.13. The Morgan fingerprint density at radius 2 is 2.13 bits per heavy atom. The first-order valence-corrected chi connectivity index (χ1v) is 5.61. The highest BCUT2D eigenvalue weighted by Crippen LogP contribution is 2.33. The summed E-state index contributed by atoms with van der Waals surface area (Å²) in [6.45, 7) is 5.46. The van der Waals surface area contributed by atoms with Crippen molar-refractivity contribution in [1.82, 2.24) is 5.32 Å². The van der Waals surface area contributed by atoms with Crippen LogP contribution in [0.5, 0.6) is 0 Å². The molecular formula is C13H20N2. The van der Waals surface area contributed by atoms with Crippen molar-refractivity contribution in [2.24, 2.45) is 0 Å². The molecule has 0 saturated carbocycles.